The predicted molar refractivity (Wildman–Crippen MR) is 80.1 cm³/mol. The summed E-state index contributed by atoms with van der Waals surface area (Å²) in [7, 11) is 0. The second-order valence-corrected chi connectivity index (χ2v) is 5.61. The van der Waals surface area contributed by atoms with Gasteiger partial charge >= 0.3 is 0 Å². The van der Waals surface area contributed by atoms with Crippen LogP contribution in [0.25, 0.3) is 11.4 Å². The van der Waals surface area contributed by atoms with Crippen LogP contribution in [0.5, 0.6) is 11.5 Å². The molecule has 4 N–H and O–H groups in total. The number of hydrogen-bond acceptors (Lipinski definition) is 5. The minimum absolute atomic E-state index is 0.140. The number of fused-ring (bicyclic) bond motifs is 1. The van der Waals surface area contributed by atoms with Gasteiger partial charge in [-0.25, -0.2) is 9.97 Å². The number of hydrogen-bond donors (Lipinski definition) is 3. The van der Waals surface area contributed by atoms with Crippen molar-refractivity contribution in [3.63, 3.8) is 0 Å². The van der Waals surface area contributed by atoms with Gasteiger partial charge in [-0.05, 0) is 62.4 Å². The molecular formula is C16H19N3O2. The Morgan fingerprint density at radius 1 is 1.24 bits per heavy atom. The highest BCUT2D eigenvalue weighted by Crippen LogP contribution is 2.31. The third-order valence-electron chi connectivity index (χ3n) is 4.15. The number of rotatable bonds is 2. The van der Waals surface area contributed by atoms with E-state index in [-0.39, 0.29) is 11.5 Å². The summed E-state index contributed by atoms with van der Waals surface area (Å²) in [6.45, 7) is 2.69. The maximum Gasteiger partial charge on any atom is 0.159 e. The summed E-state index contributed by atoms with van der Waals surface area (Å²) in [6, 6.07) is 4.65. The Bertz CT molecular complexity index is 685. The van der Waals surface area contributed by atoms with E-state index >= 15 is 0 Å². The number of aromatic nitrogens is 2. The molecule has 1 aromatic heterocycles. The molecule has 0 radical (unpaired) electrons. The first-order valence-corrected chi connectivity index (χ1v) is 7.17. The summed E-state index contributed by atoms with van der Waals surface area (Å²) >= 11 is 0. The molecule has 0 bridgehead atoms. The van der Waals surface area contributed by atoms with E-state index in [1.54, 1.807) is 6.07 Å². The molecule has 1 aromatic carbocycles. The Labute approximate surface area is 123 Å². The number of aromatic hydroxyl groups is 2. The van der Waals surface area contributed by atoms with E-state index in [4.69, 9.17) is 5.73 Å². The fraction of sp³-hybridized carbons (Fsp3) is 0.375. The maximum absolute atomic E-state index is 9.62. The first kappa shape index (κ1) is 13.8. The van der Waals surface area contributed by atoms with Crippen LogP contribution in [-0.2, 0) is 12.8 Å². The monoisotopic (exact) mass is 285 g/mol. The number of phenolic OH excluding ortho intramolecular Hbond substituents is 2. The molecule has 0 saturated heterocycles. The lowest BCUT2D eigenvalue weighted by atomic mass is 9.86. The Morgan fingerprint density at radius 3 is 2.76 bits per heavy atom. The van der Waals surface area contributed by atoms with Crippen LogP contribution < -0.4 is 5.73 Å². The zero-order chi connectivity index (χ0) is 15.0. The molecule has 5 nitrogen and oxygen atoms in total. The van der Waals surface area contributed by atoms with Gasteiger partial charge in [0.2, 0.25) is 0 Å². The third-order valence-corrected chi connectivity index (χ3v) is 4.15. The van der Waals surface area contributed by atoms with Gasteiger partial charge in [0.15, 0.2) is 17.3 Å². The number of nitrogens with two attached hydrogens (primary N) is 1. The molecule has 5 heteroatoms. The fourth-order valence-electron chi connectivity index (χ4n) is 2.85. The molecule has 0 spiro atoms. The van der Waals surface area contributed by atoms with Crippen molar-refractivity contribution in [3.8, 4) is 22.9 Å². The zero-order valence-corrected chi connectivity index (χ0v) is 12.0. The highest BCUT2D eigenvalue weighted by Gasteiger charge is 2.22. The van der Waals surface area contributed by atoms with Gasteiger partial charge in [-0.3, -0.25) is 0 Å². The normalized spacial score (nSPS) is 17.5. The molecule has 1 aliphatic carbocycles. The van der Waals surface area contributed by atoms with E-state index in [1.807, 2.05) is 6.92 Å². The highest BCUT2D eigenvalue weighted by molar-refractivity contribution is 5.61. The van der Waals surface area contributed by atoms with Gasteiger partial charge in [-0.15, -0.1) is 0 Å². The quantitative estimate of drug-likeness (QED) is 0.733. The number of phenols is 2. The van der Waals surface area contributed by atoms with E-state index in [0.29, 0.717) is 23.9 Å². The first-order valence-electron chi connectivity index (χ1n) is 7.17. The molecule has 110 valence electrons. The number of aryl methyl sites for hydroxylation is 2. The smallest absolute Gasteiger partial charge is 0.159 e. The Balaban J connectivity index is 2.02. The van der Waals surface area contributed by atoms with Gasteiger partial charge in [0, 0.05) is 17.0 Å². The van der Waals surface area contributed by atoms with E-state index < -0.39 is 0 Å². The molecular weight excluding hydrogens is 266 g/mol. The van der Waals surface area contributed by atoms with E-state index in [9.17, 15) is 10.2 Å². The summed E-state index contributed by atoms with van der Waals surface area (Å²) in [5.41, 5.74) is 9.74. The van der Waals surface area contributed by atoms with Crippen LogP contribution in [0, 0.1) is 12.8 Å². The molecule has 1 unspecified atom stereocenters. The van der Waals surface area contributed by atoms with Crippen molar-refractivity contribution in [2.75, 3.05) is 6.54 Å². The highest BCUT2D eigenvalue weighted by atomic mass is 16.3. The first-order chi connectivity index (χ1) is 10.1. The average molecular weight is 285 g/mol. The summed E-state index contributed by atoms with van der Waals surface area (Å²) < 4.78 is 0. The van der Waals surface area contributed by atoms with Gasteiger partial charge in [-0.2, -0.15) is 0 Å². The Hall–Kier alpha value is -2.14. The fourth-order valence-corrected chi connectivity index (χ4v) is 2.85. The van der Waals surface area contributed by atoms with Gasteiger partial charge < -0.3 is 15.9 Å². The Kier molecular flexibility index (Phi) is 3.51. The van der Waals surface area contributed by atoms with Crippen LogP contribution in [0.3, 0.4) is 0 Å². The second-order valence-electron chi connectivity index (χ2n) is 5.61. The van der Waals surface area contributed by atoms with Crippen LogP contribution in [0.2, 0.25) is 0 Å². The molecule has 1 atom stereocenters. The molecule has 2 aromatic rings. The van der Waals surface area contributed by atoms with Crippen molar-refractivity contribution in [3.05, 3.63) is 35.2 Å². The van der Waals surface area contributed by atoms with E-state index in [0.717, 1.165) is 30.7 Å². The molecule has 0 saturated carbocycles. The second kappa shape index (κ2) is 5.33. The number of nitrogens with zero attached hydrogens (tertiary/aromatic N) is 2. The van der Waals surface area contributed by atoms with Gasteiger partial charge in [0.25, 0.3) is 0 Å². The standard InChI is InChI=1S/C16H19N3O2/c1-9-12-6-10(8-17)2-4-13(12)19-16(18-9)11-3-5-14(20)15(21)7-11/h3,5,7,10,20-21H,2,4,6,8,17H2,1H3. The molecule has 0 aliphatic heterocycles. The molecule has 1 aliphatic rings. The summed E-state index contributed by atoms with van der Waals surface area (Å²) in [5, 5.41) is 19.0. The summed E-state index contributed by atoms with van der Waals surface area (Å²) in [6.07, 6.45) is 2.91. The van der Waals surface area contributed by atoms with Crippen molar-refractivity contribution in [1.29, 1.82) is 0 Å². The lowest BCUT2D eigenvalue weighted by Crippen LogP contribution is -2.24. The van der Waals surface area contributed by atoms with E-state index in [1.165, 1.54) is 17.7 Å². The van der Waals surface area contributed by atoms with Crippen molar-refractivity contribution < 1.29 is 10.2 Å². The molecule has 3 rings (SSSR count). The zero-order valence-electron chi connectivity index (χ0n) is 12.0. The van der Waals surface area contributed by atoms with Crippen LogP contribution in [-0.4, -0.2) is 26.7 Å². The maximum atomic E-state index is 9.62. The van der Waals surface area contributed by atoms with Crippen LogP contribution in [0.15, 0.2) is 18.2 Å². The van der Waals surface area contributed by atoms with Gasteiger partial charge in [0.05, 0.1) is 0 Å². The van der Waals surface area contributed by atoms with Crippen LogP contribution >= 0.6 is 0 Å². The largest absolute Gasteiger partial charge is 0.504 e. The predicted octanol–water partition coefficient (Wildman–Crippen LogP) is 1.93. The van der Waals surface area contributed by atoms with Crippen molar-refractivity contribution in [1.82, 2.24) is 9.97 Å². The van der Waals surface area contributed by atoms with Crippen molar-refractivity contribution in [2.24, 2.45) is 11.7 Å². The SMILES string of the molecule is Cc1nc(-c2ccc(O)c(O)c2)nc2c1CC(CN)CC2. The van der Waals surface area contributed by atoms with Crippen molar-refractivity contribution in [2.45, 2.75) is 26.2 Å². The molecule has 0 amide bonds. The summed E-state index contributed by atoms with van der Waals surface area (Å²) in [4.78, 5) is 9.19. The minimum Gasteiger partial charge on any atom is -0.504 e. The topological polar surface area (TPSA) is 92.3 Å². The van der Waals surface area contributed by atoms with Crippen molar-refractivity contribution >= 4 is 0 Å². The van der Waals surface area contributed by atoms with Crippen LogP contribution in [0.4, 0.5) is 0 Å². The van der Waals surface area contributed by atoms with Gasteiger partial charge in [0.1, 0.15) is 0 Å². The minimum atomic E-state index is -0.158. The lowest BCUT2D eigenvalue weighted by Gasteiger charge is -2.24. The molecule has 1 heterocycles. The third kappa shape index (κ3) is 2.56. The number of benzene rings is 1. The molecule has 21 heavy (non-hydrogen) atoms. The van der Waals surface area contributed by atoms with Gasteiger partial charge in [-0.1, -0.05) is 0 Å². The van der Waals surface area contributed by atoms with Crippen LogP contribution in [0.1, 0.15) is 23.4 Å². The average Bonchev–Trinajstić information content (AvgIpc) is 2.49. The lowest BCUT2D eigenvalue weighted by molar-refractivity contribution is 0.404. The Morgan fingerprint density at radius 2 is 2.05 bits per heavy atom. The summed E-state index contributed by atoms with van der Waals surface area (Å²) in [5.74, 6) is 0.810. The molecule has 0 fully saturated rings. The van der Waals surface area contributed by atoms with E-state index in [2.05, 4.69) is 9.97 Å².